The van der Waals surface area contributed by atoms with Gasteiger partial charge in [0, 0.05) is 125 Å². The summed E-state index contributed by atoms with van der Waals surface area (Å²) >= 11 is 35.6. The SMILES string of the molecule is O=C(CCCl)c1ccc2c(c1)Sc1ccc(C(=O)CCCl)cc1S2.O=C(CCCl)c1ccc2c(c1)Sc1ccccc1S2.O=C(Cl)CCCl.[Cl][Al]([Cl])[Cl].c1ccc2c(c1)Sc1ccccc1S2. The Hall–Kier alpha value is -1.05. The van der Waals surface area contributed by atoms with Crippen LogP contribution in [0.4, 0.5) is 0 Å². The third-order valence-corrected chi connectivity index (χ3v) is 17.5. The van der Waals surface area contributed by atoms with Gasteiger partial charge in [-0.15, -0.1) is 46.4 Å². The second kappa shape index (κ2) is 30.1. The quantitative estimate of drug-likeness (QED) is 0.0541. The van der Waals surface area contributed by atoms with E-state index in [1.165, 1.54) is 34.3 Å². The van der Waals surface area contributed by atoms with Gasteiger partial charge in [0.25, 0.3) is 0 Å². The molecule has 3 heterocycles. The third kappa shape index (κ3) is 18.2. The fourth-order valence-corrected chi connectivity index (χ4v) is 13.5. The van der Waals surface area contributed by atoms with Crippen molar-refractivity contribution in [1.29, 1.82) is 0 Å². The van der Waals surface area contributed by atoms with E-state index in [0.717, 1.165) is 30.0 Å². The minimum atomic E-state index is -1.72. The van der Waals surface area contributed by atoms with Crippen LogP contribution in [0.15, 0.2) is 186 Å². The summed E-state index contributed by atoms with van der Waals surface area (Å²) in [6.07, 6.45) is 1.36. The van der Waals surface area contributed by atoms with E-state index in [1.807, 2.05) is 84.2 Å². The number of rotatable bonds is 11. The van der Waals surface area contributed by atoms with Crippen LogP contribution in [0.1, 0.15) is 56.8 Å². The van der Waals surface area contributed by atoms with Crippen LogP contribution in [0.5, 0.6) is 0 Å². The van der Waals surface area contributed by atoms with Gasteiger partial charge >= 0.3 is 11.4 Å². The Morgan fingerprint density at radius 1 is 0.343 bits per heavy atom. The molecule has 0 fully saturated rings. The molecule has 0 amide bonds. The average Bonchev–Trinajstić information content (AvgIpc) is 3.32. The van der Waals surface area contributed by atoms with Crippen LogP contribution >= 0.6 is 159 Å². The van der Waals surface area contributed by atoms with Gasteiger partial charge in [-0.3, -0.25) is 19.2 Å². The van der Waals surface area contributed by atoms with Gasteiger partial charge in [-0.1, -0.05) is 125 Å². The normalized spacial score (nSPS) is 11.9. The van der Waals surface area contributed by atoms with Crippen LogP contribution in [0.2, 0.25) is 0 Å². The number of alkyl halides is 4. The number of Topliss-reactive ketones (excluding diaryl/α,β-unsaturated/α-hetero) is 3. The van der Waals surface area contributed by atoms with Gasteiger partial charge in [0.15, 0.2) is 17.3 Å². The maximum Gasteiger partial charge on any atom is 0.643 e. The molecule has 6 aromatic rings. The van der Waals surface area contributed by atoms with Crippen molar-refractivity contribution in [3.05, 3.63) is 144 Å². The third-order valence-electron chi connectivity index (χ3n) is 8.92. The summed E-state index contributed by atoms with van der Waals surface area (Å²) in [5.41, 5.74) is 2.15. The number of benzene rings is 6. The molecule has 67 heavy (non-hydrogen) atoms. The van der Waals surface area contributed by atoms with Crippen LogP contribution in [-0.4, -0.2) is 57.5 Å². The highest BCUT2D eigenvalue weighted by Gasteiger charge is 2.21. The summed E-state index contributed by atoms with van der Waals surface area (Å²) in [4.78, 5) is 60.3. The minimum Gasteiger partial charge on any atom is -0.294 e. The highest BCUT2D eigenvalue weighted by molar-refractivity contribution is 8.06. The van der Waals surface area contributed by atoms with Gasteiger partial charge in [-0.25, -0.2) is 30.1 Å². The summed E-state index contributed by atoms with van der Waals surface area (Å²) in [6, 6.07) is 42.8. The van der Waals surface area contributed by atoms with E-state index < -0.39 is 11.4 Å². The molecule has 3 aliphatic heterocycles. The average molecular weight is 1180 g/mol. The number of carbonyl (C=O) groups excluding carboxylic acids is 4. The fraction of sp³-hybridized carbons (Fsp3) is 0.167. The van der Waals surface area contributed by atoms with Crippen LogP contribution < -0.4 is 0 Å². The van der Waals surface area contributed by atoms with Crippen molar-refractivity contribution in [2.75, 3.05) is 23.5 Å². The zero-order chi connectivity index (χ0) is 48.3. The lowest BCUT2D eigenvalue weighted by Crippen LogP contribution is -2.02. The molecule has 348 valence electrons. The van der Waals surface area contributed by atoms with Crippen molar-refractivity contribution in [2.45, 2.75) is 84.4 Å². The van der Waals surface area contributed by atoms with Crippen LogP contribution in [-0.2, 0) is 4.79 Å². The van der Waals surface area contributed by atoms with Crippen molar-refractivity contribution in [2.24, 2.45) is 0 Å². The molecule has 0 unspecified atom stereocenters. The molecule has 0 saturated heterocycles. The molecule has 3 aliphatic rings. The number of hydrogen-bond donors (Lipinski definition) is 0. The zero-order valence-electron chi connectivity index (χ0n) is 35.0. The Morgan fingerprint density at radius 3 is 0.746 bits per heavy atom. The molecule has 0 atom stereocenters. The maximum absolute atomic E-state index is 12.0. The first-order valence-corrected chi connectivity index (χ1v) is 32.7. The first-order chi connectivity index (χ1) is 32.3. The molecular weight excluding hydrogens is 1140 g/mol. The molecule has 0 aromatic heterocycles. The second-order valence-corrected chi connectivity index (χ2v) is 28.4. The molecular formula is C48H37AlCl8O4S6. The lowest BCUT2D eigenvalue weighted by molar-refractivity contribution is -0.111. The first-order valence-electron chi connectivity index (χ1n) is 20.0. The van der Waals surface area contributed by atoms with Crippen LogP contribution in [0.3, 0.4) is 0 Å². The van der Waals surface area contributed by atoms with E-state index in [1.54, 1.807) is 47.0 Å². The van der Waals surface area contributed by atoms with Gasteiger partial charge in [-0.2, -0.15) is 0 Å². The van der Waals surface area contributed by atoms with E-state index in [2.05, 4.69) is 66.7 Å². The number of ketones is 3. The highest BCUT2D eigenvalue weighted by atomic mass is 35.8. The number of hydrogen-bond acceptors (Lipinski definition) is 10. The molecule has 19 heteroatoms. The van der Waals surface area contributed by atoms with Gasteiger partial charge in [-0.05, 0) is 84.4 Å². The Balaban J connectivity index is 0.000000174. The monoisotopic (exact) mass is 1180 g/mol. The lowest BCUT2D eigenvalue weighted by Gasteiger charge is -2.19. The summed E-state index contributed by atoms with van der Waals surface area (Å²) in [6.45, 7) is 0. The smallest absolute Gasteiger partial charge is 0.294 e. The summed E-state index contributed by atoms with van der Waals surface area (Å²) in [7, 11) is 14.8. The second-order valence-electron chi connectivity index (χ2n) is 13.6. The van der Waals surface area contributed by atoms with E-state index in [4.69, 9.17) is 88.2 Å². The molecule has 0 saturated carbocycles. The number of fused-ring (bicyclic) bond motifs is 6. The molecule has 0 spiro atoms. The van der Waals surface area contributed by atoms with E-state index in [0.29, 0.717) is 53.9 Å². The highest BCUT2D eigenvalue weighted by Crippen LogP contribution is 2.50. The van der Waals surface area contributed by atoms with E-state index in [-0.39, 0.29) is 29.0 Å². The molecule has 9 rings (SSSR count). The molecule has 0 bridgehead atoms. The van der Waals surface area contributed by atoms with Gasteiger partial charge < -0.3 is 0 Å². The molecule has 0 N–H and O–H groups in total. The molecule has 6 aromatic carbocycles. The largest absolute Gasteiger partial charge is 0.643 e. The first kappa shape index (κ1) is 56.9. The standard InChI is InChI=1S/C18H14Cl2O2S2.C15H11ClOS2.C12H8S2.C3H4Cl2O.Al.3ClH/c19-7-5-13(21)11-1-3-15-17(9-11)24-16-4-2-12(10-18(16)23-15)14(22)6-8-20;16-8-7-11(17)10-5-6-14-15(9-10)19-13-4-2-1-3-12(13)18-14;1-2-6-10-9(5-1)13-11-7-3-4-8-12(11)14-10;4-2-1-3(5)6;;;;/h1-4,9-10H,5-8H2;1-6,9H,7-8H2;1-8H;1-2H2;;3*1H/q;;;;+3;;;/p-3. The molecule has 0 radical (unpaired) electrons. The van der Waals surface area contributed by atoms with Crippen LogP contribution in [0.25, 0.3) is 0 Å². The van der Waals surface area contributed by atoms with Gasteiger partial charge in [0.1, 0.15) is 0 Å². The Morgan fingerprint density at radius 2 is 0.552 bits per heavy atom. The van der Waals surface area contributed by atoms with Crippen molar-refractivity contribution in [3.8, 4) is 0 Å². The Kier molecular flexibility index (Phi) is 25.5. The van der Waals surface area contributed by atoms with Crippen molar-refractivity contribution < 1.29 is 19.2 Å². The fourth-order valence-electron chi connectivity index (χ4n) is 5.87. The van der Waals surface area contributed by atoms with E-state index in [9.17, 15) is 19.2 Å². The van der Waals surface area contributed by atoms with Crippen molar-refractivity contribution >= 4 is 193 Å². The molecule has 4 nitrogen and oxygen atoms in total. The predicted octanol–water partition coefficient (Wildman–Crippen LogP) is 18.4. The Bertz CT molecular complexity index is 2520. The number of carbonyl (C=O) groups is 4. The van der Waals surface area contributed by atoms with Crippen molar-refractivity contribution in [3.63, 3.8) is 0 Å². The van der Waals surface area contributed by atoms with Gasteiger partial charge in [0.2, 0.25) is 5.24 Å². The van der Waals surface area contributed by atoms with Crippen molar-refractivity contribution in [1.82, 2.24) is 0 Å². The summed E-state index contributed by atoms with van der Waals surface area (Å²) in [5.74, 6) is 1.60. The summed E-state index contributed by atoms with van der Waals surface area (Å²) < 4.78 is 0. The maximum atomic E-state index is 12.0. The van der Waals surface area contributed by atoms with E-state index >= 15 is 0 Å². The van der Waals surface area contributed by atoms with Gasteiger partial charge in [0.05, 0.1) is 0 Å². The number of halogens is 8. The van der Waals surface area contributed by atoms with Crippen LogP contribution in [0, 0.1) is 0 Å². The summed E-state index contributed by atoms with van der Waals surface area (Å²) in [5, 5.41) is -0.370. The lowest BCUT2D eigenvalue weighted by atomic mass is 10.1. The topological polar surface area (TPSA) is 68.3 Å². The minimum absolute atomic E-state index is 0.0613. The Labute approximate surface area is 458 Å². The molecule has 0 aliphatic carbocycles. The predicted molar refractivity (Wildman–Crippen MR) is 292 cm³/mol. The zero-order valence-corrected chi connectivity index (χ0v) is 47.1.